The summed E-state index contributed by atoms with van der Waals surface area (Å²) < 4.78 is 0.591. The van der Waals surface area contributed by atoms with E-state index in [4.69, 9.17) is 17.3 Å². The maximum absolute atomic E-state index is 12.1. The molecule has 1 aliphatic carbocycles. The van der Waals surface area contributed by atoms with Gasteiger partial charge in [0.25, 0.3) is 0 Å². The fourth-order valence-corrected chi connectivity index (χ4v) is 3.39. The summed E-state index contributed by atoms with van der Waals surface area (Å²) in [5.74, 6) is 0.0595. The zero-order valence-corrected chi connectivity index (χ0v) is 11.9. The second-order valence-corrected chi connectivity index (χ2v) is 5.77. The van der Waals surface area contributed by atoms with E-state index in [1.165, 1.54) is 17.4 Å². The van der Waals surface area contributed by atoms with E-state index < -0.39 is 0 Å². The smallest absolute Gasteiger partial charge is 0.223 e. The predicted octanol–water partition coefficient (Wildman–Crippen LogP) is 2.34. The van der Waals surface area contributed by atoms with Crippen molar-refractivity contribution in [3.05, 3.63) is 39.8 Å². The van der Waals surface area contributed by atoms with Gasteiger partial charge in [0.15, 0.2) is 16.2 Å². The van der Waals surface area contributed by atoms with Crippen LogP contribution in [0.4, 0.5) is 5.95 Å². The zero-order chi connectivity index (χ0) is 14.6. The Balaban J connectivity index is 2.27. The number of aromatic nitrogens is 4. The van der Waals surface area contributed by atoms with Crippen LogP contribution in [-0.4, -0.2) is 19.9 Å². The van der Waals surface area contributed by atoms with Crippen molar-refractivity contribution in [3.8, 4) is 10.6 Å². The first kappa shape index (κ1) is 12.4. The Morgan fingerprint density at radius 2 is 2.10 bits per heavy atom. The van der Waals surface area contributed by atoms with Crippen LogP contribution in [0.1, 0.15) is 0 Å². The maximum atomic E-state index is 12.1. The number of nitrogen functional groups attached to an aromatic ring is 1. The lowest BCUT2D eigenvalue weighted by Crippen LogP contribution is -2.05. The number of nitrogens with zero attached hydrogens (tertiary/aromatic N) is 4. The van der Waals surface area contributed by atoms with Gasteiger partial charge in [0.2, 0.25) is 5.95 Å². The number of pyridine rings is 1. The highest BCUT2D eigenvalue weighted by Gasteiger charge is 2.17. The number of hydrogen-bond donors (Lipinski definition) is 1. The number of hydrogen-bond acceptors (Lipinski definition) is 7. The summed E-state index contributed by atoms with van der Waals surface area (Å²) in [6.45, 7) is 0. The normalized spacial score (nSPS) is 11.5. The quantitative estimate of drug-likeness (QED) is 0.304. The highest BCUT2D eigenvalue weighted by molar-refractivity contribution is 7.22. The molecule has 2 aliphatic rings. The molecule has 0 bridgehead atoms. The molecule has 0 saturated carbocycles. The Bertz CT molecular complexity index is 1050. The zero-order valence-electron chi connectivity index (χ0n) is 10.4. The fraction of sp³-hybridized carbons (Fsp3) is 0. The van der Waals surface area contributed by atoms with Crippen LogP contribution in [0.15, 0.2) is 29.2 Å². The minimum atomic E-state index is -0.101. The number of fused-ring (bicyclic) bond motifs is 4. The van der Waals surface area contributed by atoms with Crippen molar-refractivity contribution in [3.63, 3.8) is 0 Å². The van der Waals surface area contributed by atoms with E-state index in [0.29, 0.717) is 31.8 Å². The largest absolute Gasteiger partial charge is 0.368 e. The number of benzene rings is 1. The molecule has 2 aromatic heterocycles. The maximum Gasteiger partial charge on any atom is 0.223 e. The Labute approximate surface area is 126 Å². The van der Waals surface area contributed by atoms with Crippen LogP contribution in [0.2, 0.25) is 5.15 Å². The fourth-order valence-electron chi connectivity index (χ4n) is 2.17. The van der Waals surface area contributed by atoms with Gasteiger partial charge in [-0.2, -0.15) is 9.97 Å². The van der Waals surface area contributed by atoms with Crippen molar-refractivity contribution >= 4 is 50.1 Å². The third-order valence-electron chi connectivity index (χ3n) is 3.05. The Morgan fingerprint density at radius 1 is 1.24 bits per heavy atom. The molecule has 0 spiro atoms. The molecule has 4 rings (SSSR count). The van der Waals surface area contributed by atoms with Crippen LogP contribution in [0.3, 0.4) is 0 Å². The molecular weight excluding hydrogens is 310 g/mol. The minimum Gasteiger partial charge on any atom is -0.368 e. The second-order valence-electron chi connectivity index (χ2n) is 4.36. The summed E-state index contributed by atoms with van der Waals surface area (Å²) in [5, 5.41) is 0.752. The van der Waals surface area contributed by atoms with Gasteiger partial charge in [-0.3, -0.25) is 9.78 Å². The summed E-state index contributed by atoms with van der Waals surface area (Å²) in [4.78, 5) is 29.5. The monoisotopic (exact) mass is 315 g/mol. The van der Waals surface area contributed by atoms with Crippen molar-refractivity contribution in [2.45, 2.75) is 0 Å². The molecule has 8 heteroatoms. The summed E-state index contributed by atoms with van der Waals surface area (Å²) in [6, 6.07) is 4.97. The van der Waals surface area contributed by atoms with Gasteiger partial charge in [-0.15, -0.1) is 11.3 Å². The molecule has 0 unspecified atom stereocenters. The molecule has 0 radical (unpaired) electrons. The molecular formula is C13H6ClN5OS. The molecule has 3 heterocycles. The summed E-state index contributed by atoms with van der Waals surface area (Å²) in [5.41, 5.74) is 7.05. The highest BCUT2D eigenvalue weighted by Crippen LogP contribution is 2.35. The van der Waals surface area contributed by atoms with Gasteiger partial charge >= 0.3 is 0 Å². The van der Waals surface area contributed by atoms with E-state index in [0.717, 1.165) is 0 Å². The molecule has 1 aliphatic heterocycles. The van der Waals surface area contributed by atoms with Gasteiger partial charge in [0, 0.05) is 17.6 Å². The van der Waals surface area contributed by atoms with E-state index in [-0.39, 0.29) is 16.5 Å². The van der Waals surface area contributed by atoms with Gasteiger partial charge in [-0.25, -0.2) is 4.98 Å². The summed E-state index contributed by atoms with van der Waals surface area (Å²) in [7, 11) is 0. The van der Waals surface area contributed by atoms with Gasteiger partial charge < -0.3 is 5.73 Å². The third kappa shape index (κ3) is 1.82. The first-order valence-corrected chi connectivity index (χ1v) is 7.14. The lowest BCUT2D eigenvalue weighted by molar-refractivity contribution is 1.21. The van der Waals surface area contributed by atoms with E-state index in [1.807, 2.05) is 0 Å². The van der Waals surface area contributed by atoms with Crippen molar-refractivity contribution in [2.24, 2.45) is 0 Å². The first-order valence-electron chi connectivity index (χ1n) is 5.95. The van der Waals surface area contributed by atoms with Crippen LogP contribution < -0.4 is 11.2 Å². The van der Waals surface area contributed by atoms with Crippen molar-refractivity contribution < 1.29 is 0 Å². The predicted molar refractivity (Wildman–Crippen MR) is 82.8 cm³/mol. The highest BCUT2D eigenvalue weighted by atomic mass is 35.5. The standard InChI is InChI=1S/C13H6ClN5OS/c14-11-10-12(19-13(15)18-11)17-9-7(21-10)4-6(20)5-2-1-3-16-8(5)9/h1-4H,(H2,15,18,19). The topological polar surface area (TPSA) is 94.7 Å². The first-order chi connectivity index (χ1) is 10.1. The van der Waals surface area contributed by atoms with Crippen LogP contribution in [0.25, 0.3) is 31.8 Å². The van der Waals surface area contributed by atoms with Gasteiger partial charge in [0.05, 0.1) is 4.88 Å². The van der Waals surface area contributed by atoms with E-state index in [1.54, 1.807) is 18.3 Å². The molecule has 6 nitrogen and oxygen atoms in total. The third-order valence-corrected chi connectivity index (χ3v) is 4.54. The van der Waals surface area contributed by atoms with Gasteiger partial charge in [-0.05, 0) is 12.1 Å². The molecule has 0 atom stereocenters. The summed E-state index contributed by atoms with van der Waals surface area (Å²) in [6.07, 6.45) is 1.62. The molecule has 0 fully saturated rings. The van der Waals surface area contributed by atoms with Crippen molar-refractivity contribution in [1.82, 2.24) is 19.9 Å². The van der Waals surface area contributed by atoms with E-state index >= 15 is 0 Å². The summed E-state index contributed by atoms with van der Waals surface area (Å²) >= 11 is 7.37. The average Bonchev–Trinajstić information content (AvgIpc) is 2.47. The Kier molecular flexibility index (Phi) is 2.54. The average molecular weight is 316 g/mol. The van der Waals surface area contributed by atoms with Crippen LogP contribution >= 0.6 is 22.9 Å². The van der Waals surface area contributed by atoms with Crippen LogP contribution in [0, 0.1) is 0 Å². The number of nitrogens with two attached hydrogens (primary N) is 1. The Hall–Kier alpha value is -2.38. The minimum absolute atomic E-state index is 0.0595. The van der Waals surface area contributed by atoms with Crippen molar-refractivity contribution in [1.29, 1.82) is 0 Å². The van der Waals surface area contributed by atoms with E-state index in [2.05, 4.69) is 19.9 Å². The molecule has 0 saturated heterocycles. The molecule has 2 N–H and O–H groups in total. The second kappa shape index (κ2) is 4.31. The van der Waals surface area contributed by atoms with E-state index in [9.17, 15) is 4.79 Å². The lowest BCUT2D eigenvalue weighted by Gasteiger charge is -2.08. The van der Waals surface area contributed by atoms with Gasteiger partial charge in [0.1, 0.15) is 15.9 Å². The SMILES string of the molecule is Nc1nc(Cl)c2sc3cc(=O)c4cccnc4c-3nc2n1. The van der Waals surface area contributed by atoms with Crippen molar-refractivity contribution in [2.75, 3.05) is 5.73 Å². The number of anilines is 1. The van der Waals surface area contributed by atoms with Crippen LogP contribution in [0.5, 0.6) is 0 Å². The number of rotatable bonds is 0. The molecule has 0 aromatic carbocycles. The Morgan fingerprint density at radius 3 is 2.95 bits per heavy atom. The number of halogens is 1. The van der Waals surface area contributed by atoms with Gasteiger partial charge in [-0.1, -0.05) is 11.6 Å². The molecule has 102 valence electrons. The molecule has 0 amide bonds. The molecule has 21 heavy (non-hydrogen) atoms. The van der Waals surface area contributed by atoms with Crippen LogP contribution in [-0.2, 0) is 0 Å². The molecule has 2 aromatic rings. The lowest BCUT2D eigenvalue weighted by atomic mass is 10.1.